The fourth-order valence-electron chi connectivity index (χ4n) is 1.20. The Labute approximate surface area is 91.5 Å². The van der Waals surface area contributed by atoms with Crippen LogP contribution in [0, 0.1) is 5.41 Å². The molecule has 3 N–H and O–H groups in total. The van der Waals surface area contributed by atoms with Crippen LogP contribution in [0.1, 0.15) is 4.88 Å². The number of aromatic hydroxyl groups is 1. The zero-order valence-corrected chi connectivity index (χ0v) is 8.71. The third-order valence-corrected chi connectivity index (χ3v) is 2.82. The van der Waals surface area contributed by atoms with Crippen LogP contribution in [-0.2, 0) is 0 Å². The Balaban J connectivity index is 2.17. The van der Waals surface area contributed by atoms with Crippen molar-refractivity contribution < 1.29 is 5.11 Å². The zero-order valence-electron chi connectivity index (χ0n) is 7.90. The molecule has 0 amide bonds. The van der Waals surface area contributed by atoms with Gasteiger partial charge >= 0.3 is 0 Å². The summed E-state index contributed by atoms with van der Waals surface area (Å²) < 4.78 is 0. The van der Waals surface area contributed by atoms with E-state index in [0.717, 1.165) is 4.88 Å². The van der Waals surface area contributed by atoms with Crippen LogP contribution in [0.25, 0.3) is 0 Å². The maximum Gasteiger partial charge on any atom is 0.140 e. The molecule has 0 radical (unpaired) electrons. The van der Waals surface area contributed by atoms with Gasteiger partial charge in [0, 0.05) is 0 Å². The van der Waals surface area contributed by atoms with Gasteiger partial charge in [-0.05, 0) is 23.6 Å². The highest BCUT2D eigenvalue weighted by molar-refractivity contribution is 7.12. The van der Waals surface area contributed by atoms with E-state index < -0.39 is 0 Å². The number of para-hydroxylation sites is 2. The van der Waals surface area contributed by atoms with Gasteiger partial charge in [0.25, 0.3) is 0 Å². The topological polar surface area (TPSA) is 56.1 Å². The molecule has 3 nitrogen and oxygen atoms in total. The Morgan fingerprint density at radius 1 is 1.20 bits per heavy atom. The summed E-state index contributed by atoms with van der Waals surface area (Å²) in [6, 6.07) is 10.6. The van der Waals surface area contributed by atoms with Gasteiger partial charge in [0.2, 0.25) is 0 Å². The minimum absolute atomic E-state index is 0.152. The van der Waals surface area contributed by atoms with Gasteiger partial charge in [-0.2, -0.15) is 0 Å². The lowest BCUT2D eigenvalue weighted by atomic mass is 10.3. The number of thiophene rings is 1. The van der Waals surface area contributed by atoms with Crippen molar-refractivity contribution >= 4 is 22.9 Å². The fourth-order valence-corrected chi connectivity index (χ4v) is 1.83. The molecule has 0 aliphatic rings. The highest BCUT2D eigenvalue weighted by Gasteiger charge is 2.04. The van der Waals surface area contributed by atoms with E-state index in [2.05, 4.69) is 5.32 Å². The van der Waals surface area contributed by atoms with E-state index in [0.29, 0.717) is 11.5 Å². The van der Waals surface area contributed by atoms with Crippen molar-refractivity contribution in [2.24, 2.45) is 0 Å². The molecule has 0 saturated carbocycles. The summed E-state index contributed by atoms with van der Waals surface area (Å²) in [4.78, 5) is 0.846. The first kappa shape index (κ1) is 9.73. The maximum atomic E-state index is 9.50. The first-order valence-corrected chi connectivity index (χ1v) is 5.33. The molecule has 0 atom stereocenters. The number of nitrogens with one attached hydrogen (secondary N) is 2. The molecule has 0 fully saturated rings. The number of hydrogen-bond donors (Lipinski definition) is 3. The van der Waals surface area contributed by atoms with Crippen LogP contribution in [0.4, 0.5) is 5.69 Å². The molecular formula is C11H10N2OS. The van der Waals surface area contributed by atoms with Gasteiger partial charge in [0.1, 0.15) is 11.6 Å². The minimum Gasteiger partial charge on any atom is -0.506 e. The van der Waals surface area contributed by atoms with Gasteiger partial charge in [0.05, 0.1) is 10.6 Å². The summed E-state index contributed by atoms with van der Waals surface area (Å²) in [5.41, 5.74) is 0.552. The second-order valence-corrected chi connectivity index (χ2v) is 3.94. The van der Waals surface area contributed by atoms with E-state index in [1.807, 2.05) is 23.6 Å². The van der Waals surface area contributed by atoms with E-state index in [9.17, 15) is 5.11 Å². The summed E-state index contributed by atoms with van der Waals surface area (Å²) >= 11 is 1.49. The predicted molar refractivity (Wildman–Crippen MR) is 62.9 cm³/mol. The third-order valence-electron chi connectivity index (χ3n) is 1.93. The third kappa shape index (κ3) is 2.16. The number of anilines is 1. The second-order valence-electron chi connectivity index (χ2n) is 2.99. The van der Waals surface area contributed by atoms with Crippen molar-refractivity contribution in [2.75, 3.05) is 5.32 Å². The quantitative estimate of drug-likeness (QED) is 0.412. The monoisotopic (exact) mass is 218 g/mol. The Morgan fingerprint density at radius 2 is 2.00 bits per heavy atom. The Hall–Kier alpha value is -1.81. The maximum absolute atomic E-state index is 9.50. The molecule has 1 aromatic carbocycles. The first-order chi connectivity index (χ1) is 7.27. The van der Waals surface area contributed by atoms with Crippen LogP contribution in [0.2, 0.25) is 0 Å². The molecule has 0 aliphatic carbocycles. The van der Waals surface area contributed by atoms with Crippen LogP contribution in [-0.4, -0.2) is 10.9 Å². The number of hydrogen-bond acceptors (Lipinski definition) is 3. The molecule has 0 spiro atoms. The number of amidine groups is 1. The molecule has 0 aliphatic heterocycles. The molecule has 0 unspecified atom stereocenters. The van der Waals surface area contributed by atoms with E-state index in [-0.39, 0.29) is 5.75 Å². The molecule has 2 aromatic rings. The van der Waals surface area contributed by atoms with Crippen LogP contribution in [0.3, 0.4) is 0 Å². The number of benzene rings is 1. The van der Waals surface area contributed by atoms with Crippen molar-refractivity contribution in [3.05, 3.63) is 46.7 Å². The normalized spacial score (nSPS) is 9.87. The van der Waals surface area contributed by atoms with Crippen molar-refractivity contribution in [3.8, 4) is 5.75 Å². The summed E-state index contributed by atoms with van der Waals surface area (Å²) in [6.45, 7) is 0. The zero-order chi connectivity index (χ0) is 10.7. The van der Waals surface area contributed by atoms with Crippen molar-refractivity contribution in [3.63, 3.8) is 0 Å². The molecule has 0 saturated heterocycles. The predicted octanol–water partition coefficient (Wildman–Crippen LogP) is 2.89. The minimum atomic E-state index is 0.152. The summed E-state index contributed by atoms with van der Waals surface area (Å²) in [7, 11) is 0. The summed E-state index contributed by atoms with van der Waals surface area (Å²) in [5, 5.41) is 22.0. The average molecular weight is 218 g/mol. The highest BCUT2D eigenvalue weighted by Crippen LogP contribution is 2.22. The van der Waals surface area contributed by atoms with Crippen LogP contribution in [0.5, 0.6) is 5.75 Å². The van der Waals surface area contributed by atoms with Crippen molar-refractivity contribution in [1.82, 2.24) is 0 Å². The molecule has 0 bridgehead atoms. The lowest BCUT2D eigenvalue weighted by molar-refractivity contribution is 0.478. The lowest BCUT2D eigenvalue weighted by Gasteiger charge is -2.07. The van der Waals surface area contributed by atoms with Gasteiger partial charge in [-0.15, -0.1) is 11.3 Å². The molecule has 15 heavy (non-hydrogen) atoms. The van der Waals surface area contributed by atoms with E-state index in [1.165, 1.54) is 11.3 Å². The van der Waals surface area contributed by atoms with E-state index >= 15 is 0 Å². The van der Waals surface area contributed by atoms with Gasteiger partial charge in [0.15, 0.2) is 0 Å². The standard InChI is InChI=1S/C11H10N2OS/c12-11(10-6-3-7-15-10)13-8-4-1-2-5-9(8)14/h1-7,14H,(H2,12,13). The van der Waals surface area contributed by atoms with Gasteiger partial charge in [-0.1, -0.05) is 18.2 Å². The van der Waals surface area contributed by atoms with Crippen LogP contribution >= 0.6 is 11.3 Å². The van der Waals surface area contributed by atoms with Crippen LogP contribution < -0.4 is 5.32 Å². The largest absolute Gasteiger partial charge is 0.506 e. The van der Waals surface area contributed by atoms with Gasteiger partial charge in [-0.25, -0.2) is 0 Å². The highest BCUT2D eigenvalue weighted by atomic mass is 32.1. The summed E-state index contributed by atoms with van der Waals surface area (Å²) in [6.07, 6.45) is 0. The molecule has 1 heterocycles. The summed E-state index contributed by atoms with van der Waals surface area (Å²) in [5.74, 6) is 0.449. The van der Waals surface area contributed by atoms with Gasteiger partial charge < -0.3 is 10.4 Å². The SMILES string of the molecule is N=C(Nc1ccccc1O)c1cccs1. The van der Waals surface area contributed by atoms with Gasteiger partial charge in [-0.3, -0.25) is 5.41 Å². The number of phenols is 1. The Bertz CT molecular complexity index is 465. The average Bonchev–Trinajstić information content (AvgIpc) is 2.74. The van der Waals surface area contributed by atoms with Crippen molar-refractivity contribution in [2.45, 2.75) is 0 Å². The fraction of sp³-hybridized carbons (Fsp3) is 0. The number of phenolic OH excluding ortho intramolecular Hbond substituents is 1. The number of rotatable bonds is 2. The molecular weight excluding hydrogens is 208 g/mol. The second kappa shape index (κ2) is 4.14. The molecule has 76 valence electrons. The molecule has 4 heteroatoms. The van der Waals surface area contributed by atoms with Crippen molar-refractivity contribution in [1.29, 1.82) is 5.41 Å². The van der Waals surface area contributed by atoms with E-state index in [4.69, 9.17) is 5.41 Å². The Morgan fingerprint density at radius 3 is 2.67 bits per heavy atom. The van der Waals surface area contributed by atoms with Crippen LogP contribution in [0.15, 0.2) is 41.8 Å². The first-order valence-electron chi connectivity index (χ1n) is 4.45. The molecule has 2 rings (SSSR count). The Kier molecular flexibility index (Phi) is 2.69. The van der Waals surface area contributed by atoms with E-state index in [1.54, 1.807) is 18.2 Å². The lowest BCUT2D eigenvalue weighted by Crippen LogP contribution is -2.10. The molecule has 1 aromatic heterocycles. The smallest absolute Gasteiger partial charge is 0.140 e.